The number of nitrogens with zero attached hydrogens (tertiary/aromatic N) is 1. The fourth-order valence-electron chi connectivity index (χ4n) is 3.90. The number of para-hydroxylation sites is 1. The van der Waals surface area contributed by atoms with E-state index in [4.69, 9.17) is 5.11 Å². The highest BCUT2D eigenvalue weighted by Crippen LogP contribution is 2.38. The van der Waals surface area contributed by atoms with E-state index in [1.54, 1.807) is 0 Å². The molecule has 0 bridgehead atoms. The Morgan fingerprint density at radius 1 is 1.19 bits per heavy atom. The van der Waals surface area contributed by atoms with E-state index in [1.807, 2.05) is 25.1 Å². The van der Waals surface area contributed by atoms with Gasteiger partial charge >= 0.3 is 5.97 Å². The van der Waals surface area contributed by atoms with Crippen molar-refractivity contribution in [3.05, 3.63) is 65.4 Å². The lowest BCUT2D eigenvalue weighted by atomic mass is 9.98. The first-order chi connectivity index (χ1) is 12.9. The molecular weight excluding hydrogens is 364 g/mol. The van der Waals surface area contributed by atoms with E-state index in [-0.39, 0.29) is 16.5 Å². The topological polar surface area (TPSA) is 90.5 Å². The monoisotopic (exact) mass is 384 g/mol. The molecule has 0 amide bonds. The molecule has 1 aromatic heterocycles. The molecule has 2 heterocycles. The third-order valence-corrected chi connectivity index (χ3v) is 7.13. The van der Waals surface area contributed by atoms with E-state index in [2.05, 4.69) is 11.1 Å². The quantitative estimate of drug-likeness (QED) is 0.720. The molecule has 1 aliphatic heterocycles. The number of benzene rings is 2. The van der Waals surface area contributed by atoms with Crippen molar-refractivity contribution in [2.45, 2.75) is 30.7 Å². The second-order valence-corrected chi connectivity index (χ2v) is 8.57. The maximum atomic E-state index is 13.2. The second kappa shape index (κ2) is 6.51. The summed E-state index contributed by atoms with van der Waals surface area (Å²) in [5.74, 6) is -1.08. The Balaban J connectivity index is 1.76. The van der Waals surface area contributed by atoms with Crippen molar-refractivity contribution in [1.29, 1.82) is 0 Å². The van der Waals surface area contributed by atoms with Gasteiger partial charge < -0.3 is 10.1 Å². The van der Waals surface area contributed by atoms with Crippen LogP contribution in [0, 0.1) is 0 Å². The number of aromatic nitrogens is 1. The zero-order valence-corrected chi connectivity index (χ0v) is 15.7. The molecule has 0 saturated heterocycles. The van der Waals surface area contributed by atoms with E-state index in [0.717, 1.165) is 16.6 Å². The number of hydrogen-bond acceptors (Lipinski definition) is 3. The predicted octanol–water partition coefficient (Wildman–Crippen LogP) is 3.56. The van der Waals surface area contributed by atoms with E-state index in [1.165, 1.54) is 34.1 Å². The number of rotatable bonds is 4. The Bertz CT molecular complexity index is 1120. The van der Waals surface area contributed by atoms with Crippen molar-refractivity contribution < 1.29 is 18.3 Å². The van der Waals surface area contributed by atoms with Crippen LogP contribution in [0.25, 0.3) is 10.9 Å². The van der Waals surface area contributed by atoms with Gasteiger partial charge in [-0.05, 0) is 48.7 Å². The van der Waals surface area contributed by atoms with Crippen LogP contribution in [-0.2, 0) is 16.4 Å². The molecule has 1 atom stereocenters. The van der Waals surface area contributed by atoms with Crippen LogP contribution in [0.5, 0.6) is 0 Å². The van der Waals surface area contributed by atoms with Gasteiger partial charge in [-0.1, -0.05) is 25.1 Å². The van der Waals surface area contributed by atoms with Gasteiger partial charge in [0.1, 0.15) is 0 Å². The smallest absolute Gasteiger partial charge is 0.335 e. The average molecular weight is 384 g/mol. The molecule has 6 nitrogen and oxygen atoms in total. The van der Waals surface area contributed by atoms with Crippen LogP contribution in [0.15, 0.2) is 53.4 Å². The molecule has 27 heavy (non-hydrogen) atoms. The van der Waals surface area contributed by atoms with Crippen LogP contribution in [0.2, 0.25) is 0 Å². The SMILES string of the molecule is CCC1c2[nH]c3ccccc3c2CCN1S(=O)(=O)c1ccc(C(=O)O)cc1. The van der Waals surface area contributed by atoms with E-state index in [9.17, 15) is 13.2 Å². The number of carboxylic acid groups (broad SMARTS) is 1. The Kier molecular flexibility index (Phi) is 4.28. The van der Waals surface area contributed by atoms with Gasteiger partial charge in [-0.3, -0.25) is 0 Å². The van der Waals surface area contributed by atoms with Crippen LogP contribution in [0.4, 0.5) is 0 Å². The van der Waals surface area contributed by atoms with Gasteiger partial charge in [-0.15, -0.1) is 0 Å². The highest BCUT2D eigenvalue weighted by atomic mass is 32.2. The Morgan fingerprint density at radius 2 is 1.89 bits per heavy atom. The van der Waals surface area contributed by atoms with Crippen molar-refractivity contribution in [2.75, 3.05) is 6.54 Å². The first-order valence-electron chi connectivity index (χ1n) is 8.88. The minimum absolute atomic E-state index is 0.0672. The van der Waals surface area contributed by atoms with E-state index in [0.29, 0.717) is 19.4 Å². The summed E-state index contributed by atoms with van der Waals surface area (Å²) in [5, 5.41) is 10.2. The Hall–Kier alpha value is -2.64. The van der Waals surface area contributed by atoms with Crippen molar-refractivity contribution in [1.82, 2.24) is 9.29 Å². The molecule has 4 rings (SSSR count). The number of carbonyl (C=O) groups is 1. The summed E-state index contributed by atoms with van der Waals surface area (Å²) < 4.78 is 28.0. The van der Waals surface area contributed by atoms with E-state index >= 15 is 0 Å². The van der Waals surface area contributed by atoms with Crippen LogP contribution in [-0.4, -0.2) is 35.3 Å². The molecule has 1 aliphatic rings. The summed E-state index contributed by atoms with van der Waals surface area (Å²) in [5.41, 5.74) is 3.23. The molecule has 7 heteroatoms. The molecule has 1 unspecified atom stereocenters. The van der Waals surface area contributed by atoms with Gasteiger partial charge in [0, 0.05) is 23.1 Å². The zero-order chi connectivity index (χ0) is 19.2. The normalized spacial score (nSPS) is 17.7. The molecule has 0 spiro atoms. The second-order valence-electron chi connectivity index (χ2n) is 6.68. The molecule has 140 valence electrons. The summed E-state index contributed by atoms with van der Waals surface area (Å²) in [4.78, 5) is 14.5. The van der Waals surface area contributed by atoms with Crippen molar-refractivity contribution in [2.24, 2.45) is 0 Å². The zero-order valence-electron chi connectivity index (χ0n) is 14.8. The lowest BCUT2D eigenvalue weighted by molar-refractivity contribution is 0.0696. The standard InChI is InChI=1S/C20H20N2O4S/c1-2-18-19-16(15-5-3-4-6-17(15)21-19)11-12-22(18)27(25,26)14-9-7-13(8-10-14)20(23)24/h3-10,18,21H,2,11-12H2,1H3,(H,23,24). The summed E-state index contributed by atoms with van der Waals surface area (Å²) in [6.45, 7) is 2.37. The predicted molar refractivity (Wildman–Crippen MR) is 102 cm³/mol. The molecule has 0 aliphatic carbocycles. The minimum atomic E-state index is -3.73. The van der Waals surface area contributed by atoms with Gasteiger partial charge in [0.25, 0.3) is 0 Å². The number of sulfonamides is 1. The van der Waals surface area contributed by atoms with E-state index < -0.39 is 16.0 Å². The fourth-order valence-corrected chi connectivity index (χ4v) is 5.57. The summed E-state index contributed by atoms with van der Waals surface area (Å²) in [6, 6.07) is 13.1. The van der Waals surface area contributed by atoms with Crippen molar-refractivity contribution in [3.8, 4) is 0 Å². The summed E-state index contributed by atoms with van der Waals surface area (Å²) in [6.07, 6.45) is 1.29. The largest absolute Gasteiger partial charge is 0.478 e. The van der Waals surface area contributed by atoms with Gasteiger partial charge in [0.05, 0.1) is 16.5 Å². The highest BCUT2D eigenvalue weighted by molar-refractivity contribution is 7.89. The molecule has 0 fully saturated rings. The van der Waals surface area contributed by atoms with Gasteiger partial charge in [-0.2, -0.15) is 4.31 Å². The van der Waals surface area contributed by atoms with Crippen molar-refractivity contribution in [3.63, 3.8) is 0 Å². The number of fused-ring (bicyclic) bond motifs is 3. The first kappa shape index (κ1) is 17.8. The number of H-pyrrole nitrogens is 1. The molecule has 3 aromatic rings. The van der Waals surface area contributed by atoms with Crippen LogP contribution in [0.1, 0.15) is 41.0 Å². The van der Waals surface area contributed by atoms with Gasteiger partial charge in [0.15, 0.2) is 0 Å². The van der Waals surface area contributed by atoms with Gasteiger partial charge in [0.2, 0.25) is 10.0 Å². The summed E-state index contributed by atoms with van der Waals surface area (Å²) >= 11 is 0. The number of hydrogen-bond donors (Lipinski definition) is 2. The first-order valence-corrected chi connectivity index (χ1v) is 10.3. The molecule has 2 N–H and O–H groups in total. The Labute approximate surface area is 157 Å². The number of aromatic amines is 1. The number of aromatic carboxylic acids is 1. The average Bonchev–Trinajstić information content (AvgIpc) is 3.06. The fraction of sp³-hybridized carbons (Fsp3) is 0.250. The lowest BCUT2D eigenvalue weighted by Crippen LogP contribution is -2.39. The number of nitrogens with one attached hydrogen (secondary N) is 1. The Morgan fingerprint density at radius 3 is 2.56 bits per heavy atom. The summed E-state index contributed by atoms with van der Waals surface area (Å²) in [7, 11) is -3.73. The van der Waals surface area contributed by atoms with Crippen LogP contribution >= 0.6 is 0 Å². The highest BCUT2D eigenvalue weighted by Gasteiger charge is 2.37. The van der Waals surface area contributed by atoms with Gasteiger partial charge in [-0.25, -0.2) is 13.2 Å². The molecule has 0 saturated carbocycles. The van der Waals surface area contributed by atoms with Crippen molar-refractivity contribution >= 4 is 26.9 Å². The molecule has 2 aromatic carbocycles. The third kappa shape index (κ3) is 2.83. The van der Waals surface area contributed by atoms with Crippen LogP contribution < -0.4 is 0 Å². The third-order valence-electron chi connectivity index (χ3n) is 5.20. The molecule has 0 radical (unpaired) electrons. The number of carboxylic acids is 1. The lowest BCUT2D eigenvalue weighted by Gasteiger charge is -2.34. The maximum absolute atomic E-state index is 13.2. The van der Waals surface area contributed by atoms with Crippen LogP contribution in [0.3, 0.4) is 0 Å². The maximum Gasteiger partial charge on any atom is 0.335 e. The molecular formula is C20H20N2O4S. The minimum Gasteiger partial charge on any atom is -0.478 e.